The number of allylic oxidation sites excluding steroid dienone is 1. The van der Waals surface area contributed by atoms with Crippen molar-refractivity contribution in [1.29, 1.82) is 0 Å². The van der Waals surface area contributed by atoms with Gasteiger partial charge in [0.2, 0.25) is 5.91 Å². The lowest BCUT2D eigenvalue weighted by atomic mass is 9.72. The maximum Gasteiger partial charge on any atom is 0.330 e. The van der Waals surface area contributed by atoms with Crippen LogP contribution in [-0.4, -0.2) is 41.2 Å². The number of carbonyl (C=O) groups excluding carboxylic acids is 2. The molecule has 1 saturated heterocycles. The molecule has 3 heterocycles. The van der Waals surface area contributed by atoms with Crippen LogP contribution >= 0.6 is 11.6 Å². The minimum Gasteiger partial charge on any atom is -0.500 e. The van der Waals surface area contributed by atoms with Crippen LogP contribution in [0.25, 0.3) is 0 Å². The zero-order valence-electron chi connectivity index (χ0n) is 20.6. The monoisotopic (exact) mass is 502 g/mol. The molecule has 3 aliphatic heterocycles. The predicted molar refractivity (Wildman–Crippen MR) is 137 cm³/mol. The fourth-order valence-electron chi connectivity index (χ4n) is 6.08. The summed E-state index contributed by atoms with van der Waals surface area (Å²) in [5.41, 5.74) is 3.66. The number of halogens is 1. The number of aliphatic imine (C=N–C) groups is 1. The van der Waals surface area contributed by atoms with Gasteiger partial charge in [0.25, 0.3) is 0 Å². The molecule has 184 valence electrons. The Morgan fingerprint density at radius 2 is 1.89 bits per heavy atom. The third-order valence-corrected chi connectivity index (χ3v) is 7.94. The van der Waals surface area contributed by atoms with E-state index in [-0.39, 0.29) is 30.4 Å². The number of hydrogen-bond donors (Lipinski definition) is 1. The minimum absolute atomic E-state index is 0.0487. The van der Waals surface area contributed by atoms with E-state index in [1.807, 2.05) is 69.3 Å². The van der Waals surface area contributed by atoms with Gasteiger partial charge in [0.15, 0.2) is 0 Å². The van der Waals surface area contributed by atoms with E-state index in [4.69, 9.17) is 21.3 Å². The van der Waals surface area contributed by atoms with E-state index in [1.54, 1.807) is 16.9 Å². The number of nitrogens with one attached hydrogen (secondary N) is 1. The van der Waals surface area contributed by atoms with Crippen LogP contribution in [0.1, 0.15) is 42.6 Å². The number of ether oxygens (including phenoxy) is 1. The highest BCUT2D eigenvalue weighted by Crippen LogP contribution is 2.56. The van der Waals surface area contributed by atoms with Crippen molar-refractivity contribution in [3.8, 4) is 0 Å². The summed E-state index contributed by atoms with van der Waals surface area (Å²) in [4.78, 5) is 35.6. The lowest BCUT2D eigenvalue weighted by Crippen LogP contribution is -2.64. The third-order valence-electron chi connectivity index (χ3n) is 7.69. The summed E-state index contributed by atoms with van der Waals surface area (Å²) in [6.45, 7) is 6.01. The van der Waals surface area contributed by atoms with Crippen molar-refractivity contribution in [2.45, 2.75) is 32.9 Å². The number of benzene rings is 2. The first kappa shape index (κ1) is 22.9. The van der Waals surface area contributed by atoms with E-state index in [0.29, 0.717) is 16.6 Å². The Kier molecular flexibility index (Phi) is 5.06. The summed E-state index contributed by atoms with van der Waals surface area (Å²) >= 11 is 6.20. The number of carbonyl (C=O) groups is 2. The molecule has 4 unspecified atom stereocenters. The van der Waals surface area contributed by atoms with E-state index >= 15 is 0 Å². The lowest BCUT2D eigenvalue weighted by Gasteiger charge is -2.52. The maximum atomic E-state index is 14.2. The summed E-state index contributed by atoms with van der Waals surface area (Å²) in [7, 11) is 1.64. The maximum absolute atomic E-state index is 14.2. The third kappa shape index (κ3) is 3.08. The second kappa shape index (κ2) is 7.96. The highest BCUT2D eigenvalue weighted by molar-refractivity contribution is 6.30. The number of fused-ring (bicyclic) bond motifs is 2. The average molecular weight is 503 g/mol. The number of nitrogens with zero attached hydrogens (tertiary/aromatic N) is 3. The zero-order chi connectivity index (χ0) is 25.4. The van der Waals surface area contributed by atoms with Crippen LogP contribution in [0.15, 0.2) is 76.8 Å². The van der Waals surface area contributed by atoms with E-state index < -0.39 is 11.5 Å². The zero-order valence-corrected chi connectivity index (χ0v) is 21.3. The molecule has 2 aromatic rings. The number of urea groups is 1. The van der Waals surface area contributed by atoms with Crippen LogP contribution in [-0.2, 0) is 9.53 Å². The van der Waals surface area contributed by atoms with Gasteiger partial charge in [0, 0.05) is 16.6 Å². The van der Waals surface area contributed by atoms with Gasteiger partial charge in [-0.05, 0) is 43.2 Å². The molecule has 4 atom stereocenters. The molecule has 0 saturated carbocycles. The molecule has 0 radical (unpaired) electrons. The highest BCUT2D eigenvalue weighted by atomic mass is 35.5. The Morgan fingerprint density at radius 1 is 1.14 bits per heavy atom. The number of methoxy groups -OCH3 is 1. The molecule has 1 N–H and O–H groups in total. The van der Waals surface area contributed by atoms with E-state index in [1.165, 1.54) is 0 Å². The molecule has 4 aliphatic rings. The standard InChI is InChI=1S/C28H27ClN4O3/c1-15-6-5-7-18(12-15)24-23(17-8-10-19(29)11-9-17)31-26-28(3)20(36-4)13-16(2)22-25(28)32(14-21(34)30-22)27(35)33(24)26/h5-13,16,23-24H,14H2,1-4H3,(H,30,34). The van der Waals surface area contributed by atoms with Gasteiger partial charge in [-0.1, -0.05) is 60.5 Å². The molecule has 7 nitrogen and oxygen atoms in total. The molecular formula is C28H27ClN4O3. The first-order valence-electron chi connectivity index (χ1n) is 12.1. The van der Waals surface area contributed by atoms with Crippen molar-refractivity contribution in [2.24, 2.45) is 16.3 Å². The highest BCUT2D eigenvalue weighted by Gasteiger charge is 2.61. The second-order valence-electron chi connectivity index (χ2n) is 10.0. The molecule has 0 bridgehead atoms. The molecule has 0 spiro atoms. The van der Waals surface area contributed by atoms with Crippen LogP contribution in [0.5, 0.6) is 0 Å². The molecular weight excluding hydrogens is 476 g/mol. The van der Waals surface area contributed by atoms with Crippen molar-refractivity contribution >= 4 is 29.4 Å². The van der Waals surface area contributed by atoms with Gasteiger partial charge >= 0.3 is 6.03 Å². The first-order valence-corrected chi connectivity index (χ1v) is 12.4. The summed E-state index contributed by atoms with van der Waals surface area (Å²) in [6, 6.07) is 14.8. The van der Waals surface area contributed by atoms with Crippen LogP contribution in [0, 0.1) is 18.3 Å². The number of hydrogen-bond acceptors (Lipinski definition) is 4. The number of aryl methyl sites for hydroxylation is 1. The number of rotatable bonds is 3. The smallest absolute Gasteiger partial charge is 0.330 e. The average Bonchev–Trinajstić information content (AvgIpc) is 3.27. The SMILES string of the molecule is COC1=CC(C)C2=C3N(CC(=O)N2)C(=O)N2C(=NC(c4ccc(Cl)cc4)C2c2cccc(C)c2)C13C. The van der Waals surface area contributed by atoms with Crippen LogP contribution in [0.4, 0.5) is 4.79 Å². The first-order chi connectivity index (χ1) is 17.2. The largest absolute Gasteiger partial charge is 0.500 e. The van der Waals surface area contributed by atoms with E-state index in [0.717, 1.165) is 28.1 Å². The predicted octanol–water partition coefficient (Wildman–Crippen LogP) is 5.11. The van der Waals surface area contributed by atoms with Crippen LogP contribution in [0.3, 0.4) is 0 Å². The van der Waals surface area contributed by atoms with Gasteiger partial charge in [-0.3, -0.25) is 19.6 Å². The topological polar surface area (TPSA) is 74.2 Å². The van der Waals surface area contributed by atoms with Gasteiger partial charge in [-0.15, -0.1) is 0 Å². The molecule has 8 heteroatoms. The fraction of sp³-hybridized carbons (Fsp3) is 0.321. The Bertz CT molecular complexity index is 1400. The molecule has 3 amide bonds. The molecule has 2 aromatic carbocycles. The fourth-order valence-corrected chi connectivity index (χ4v) is 6.21. The van der Waals surface area contributed by atoms with Crippen molar-refractivity contribution < 1.29 is 14.3 Å². The normalized spacial score (nSPS) is 28.9. The number of amidine groups is 1. The van der Waals surface area contributed by atoms with Crippen LogP contribution in [0.2, 0.25) is 5.02 Å². The van der Waals surface area contributed by atoms with E-state index in [9.17, 15) is 9.59 Å². The Hall–Kier alpha value is -3.58. The second-order valence-corrected chi connectivity index (χ2v) is 10.4. The van der Waals surface area contributed by atoms with Crippen molar-refractivity contribution in [2.75, 3.05) is 13.7 Å². The summed E-state index contributed by atoms with van der Waals surface area (Å²) in [5, 5.41) is 3.66. The van der Waals surface area contributed by atoms with Crippen molar-refractivity contribution in [3.63, 3.8) is 0 Å². The Morgan fingerprint density at radius 3 is 2.58 bits per heavy atom. The number of amides is 3. The summed E-state index contributed by atoms with van der Waals surface area (Å²) in [6.07, 6.45) is 2.01. The summed E-state index contributed by atoms with van der Waals surface area (Å²) in [5.74, 6) is 1.02. The molecule has 0 aromatic heterocycles. The van der Waals surface area contributed by atoms with Gasteiger partial charge in [-0.2, -0.15) is 0 Å². The van der Waals surface area contributed by atoms with Gasteiger partial charge in [0.1, 0.15) is 29.6 Å². The van der Waals surface area contributed by atoms with Gasteiger partial charge in [0.05, 0.1) is 18.8 Å². The lowest BCUT2D eigenvalue weighted by molar-refractivity contribution is -0.122. The molecule has 1 aliphatic carbocycles. The Balaban J connectivity index is 1.61. The Labute approximate surface area is 215 Å². The molecule has 36 heavy (non-hydrogen) atoms. The molecule has 6 rings (SSSR count). The van der Waals surface area contributed by atoms with E-state index in [2.05, 4.69) is 11.4 Å². The van der Waals surface area contributed by atoms with Crippen molar-refractivity contribution in [3.05, 3.63) is 93.5 Å². The van der Waals surface area contributed by atoms with Gasteiger partial charge < -0.3 is 10.1 Å². The van der Waals surface area contributed by atoms with Gasteiger partial charge in [-0.25, -0.2) is 4.79 Å². The van der Waals surface area contributed by atoms with Crippen LogP contribution < -0.4 is 5.32 Å². The quantitative estimate of drug-likeness (QED) is 0.634. The van der Waals surface area contributed by atoms with Crippen molar-refractivity contribution in [1.82, 2.24) is 15.1 Å². The molecule has 1 fully saturated rings. The summed E-state index contributed by atoms with van der Waals surface area (Å²) < 4.78 is 5.94. The minimum atomic E-state index is -0.846.